The summed E-state index contributed by atoms with van der Waals surface area (Å²) in [6.07, 6.45) is 0. The van der Waals surface area contributed by atoms with Crippen LogP contribution in [0.3, 0.4) is 0 Å². The quantitative estimate of drug-likeness (QED) is 0.287. The minimum atomic E-state index is 0.642. The number of nitrogens with zero attached hydrogens (tertiary/aromatic N) is 2. The molecule has 0 aliphatic carbocycles. The van der Waals surface area contributed by atoms with E-state index in [1.165, 1.54) is 0 Å². The summed E-state index contributed by atoms with van der Waals surface area (Å²) < 4.78 is 11.8. The molecule has 4 nitrogen and oxygen atoms in total. The van der Waals surface area contributed by atoms with Crippen LogP contribution in [0, 0.1) is 6.92 Å². The van der Waals surface area contributed by atoms with Gasteiger partial charge >= 0.3 is 0 Å². The molecule has 2 aromatic carbocycles. The van der Waals surface area contributed by atoms with Gasteiger partial charge in [0.05, 0.1) is 22.5 Å². The molecular weight excluding hydrogens is 424 g/mol. The molecule has 0 unspecified atom stereocenters. The van der Waals surface area contributed by atoms with Crippen LogP contribution in [0.4, 0.5) is 5.13 Å². The second kappa shape index (κ2) is 8.49. The van der Waals surface area contributed by atoms with Gasteiger partial charge in [0.2, 0.25) is 5.13 Å². The van der Waals surface area contributed by atoms with Crippen molar-refractivity contribution in [2.75, 3.05) is 6.61 Å². The molecule has 0 radical (unpaired) electrons. The average Bonchev–Trinajstić information content (AvgIpc) is 3.44. The fraction of sp³-hybridized carbons (Fsp3) is 0.120. The highest BCUT2D eigenvalue weighted by Gasteiger charge is 2.11. The molecule has 0 amide bonds. The summed E-state index contributed by atoms with van der Waals surface area (Å²) in [4.78, 5) is 12.1. The molecule has 154 valence electrons. The molecule has 3 aromatic heterocycles. The van der Waals surface area contributed by atoms with E-state index < -0.39 is 0 Å². The maximum Gasteiger partial charge on any atom is 0.210 e. The van der Waals surface area contributed by atoms with E-state index in [2.05, 4.69) is 18.4 Å². The summed E-state index contributed by atoms with van der Waals surface area (Å²) in [6.45, 7) is 4.71. The van der Waals surface area contributed by atoms with Crippen LogP contribution in [0.15, 0.2) is 81.5 Å². The van der Waals surface area contributed by atoms with Crippen LogP contribution in [-0.4, -0.2) is 11.6 Å². The first-order valence-electron chi connectivity index (χ1n) is 10.0. The maximum absolute atomic E-state index is 6.20. The van der Waals surface area contributed by atoms with Crippen LogP contribution in [0.1, 0.15) is 11.8 Å². The number of hydrogen-bond acceptors (Lipinski definition) is 6. The van der Waals surface area contributed by atoms with E-state index >= 15 is 0 Å². The van der Waals surface area contributed by atoms with Crippen LogP contribution in [0.2, 0.25) is 0 Å². The fourth-order valence-corrected chi connectivity index (χ4v) is 5.05. The monoisotopic (exact) mass is 444 g/mol. The number of aromatic nitrogens is 1. The van der Waals surface area contributed by atoms with Gasteiger partial charge in [-0.1, -0.05) is 29.5 Å². The molecule has 3 heterocycles. The molecule has 0 saturated heterocycles. The molecule has 5 rings (SSSR count). The number of ether oxygens (including phenoxy) is 1. The van der Waals surface area contributed by atoms with E-state index in [0.717, 1.165) is 54.0 Å². The number of para-hydroxylation sites is 1. The molecule has 0 spiro atoms. The average molecular weight is 445 g/mol. The summed E-state index contributed by atoms with van der Waals surface area (Å²) in [5.41, 5.74) is 2.77. The lowest BCUT2D eigenvalue weighted by Crippen LogP contribution is -2.03. The van der Waals surface area contributed by atoms with Crippen molar-refractivity contribution in [2.24, 2.45) is 4.99 Å². The van der Waals surface area contributed by atoms with Crippen LogP contribution in [-0.2, 0) is 0 Å². The fourth-order valence-electron chi connectivity index (χ4n) is 3.41. The molecule has 0 atom stereocenters. The van der Waals surface area contributed by atoms with Crippen LogP contribution < -0.4 is 10.1 Å². The van der Waals surface area contributed by atoms with Crippen molar-refractivity contribution in [1.29, 1.82) is 0 Å². The van der Waals surface area contributed by atoms with E-state index in [9.17, 15) is 0 Å². The topological polar surface area (TPSA) is 47.6 Å². The highest BCUT2D eigenvalue weighted by molar-refractivity contribution is 7.17. The maximum atomic E-state index is 6.20. The van der Waals surface area contributed by atoms with Crippen molar-refractivity contribution < 1.29 is 9.15 Å². The van der Waals surface area contributed by atoms with Gasteiger partial charge in [-0.05, 0) is 61.7 Å². The van der Waals surface area contributed by atoms with Crippen LogP contribution >= 0.6 is 22.7 Å². The largest absolute Gasteiger partial charge is 0.494 e. The van der Waals surface area contributed by atoms with Gasteiger partial charge in [-0.15, -0.1) is 11.3 Å². The molecular formula is C25H20N2O2S2. The Labute approximate surface area is 188 Å². The van der Waals surface area contributed by atoms with Crippen molar-refractivity contribution in [3.63, 3.8) is 0 Å². The van der Waals surface area contributed by atoms with E-state index in [4.69, 9.17) is 19.1 Å². The van der Waals surface area contributed by atoms with Crippen LogP contribution in [0.25, 0.3) is 32.9 Å². The molecule has 0 aliphatic rings. The zero-order valence-corrected chi connectivity index (χ0v) is 18.8. The second-order valence-electron chi connectivity index (χ2n) is 6.94. The molecule has 0 bridgehead atoms. The zero-order chi connectivity index (χ0) is 21.2. The predicted octanol–water partition coefficient (Wildman–Crippen LogP) is 7.22. The third kappa shape index (κ3) is 4.04. The number of hydrogen-bond donors (Lipinski definition) is 0. The van der Waals surface area contributed by atoms with Gasteiger partial charge < -0.3 is 9.15 Å². The molecule has 5 aromatic rings. The van der Waals surface area contributed by atoms with E-state index in [0.29, 0.717) is 6.61 Å². The molecule has 6 heteroatoms. The van der Waals surface area contributed by atoms with Gasteiger partial charge in [-0.3, -0.25) is 0 Å². The Morgan fingerprint density at radius 2 is 1.87 bits per heavy atom. The van der Waals surface area contributed by atoms with Gasteiger partial charge in [0.25, 0.3) is 0 Å². The Hall–Kier alpha value is -3.22. The van der Waals surface area contributed by atoms with Crippen molar-refractivity contribution in [3.8, 4) is 27.6 Å². The summed E-state index contributed by atoms with van der Waals surface area (Å²) in [7, 11) is 0. The normalized spacial score (nSPS) is 11.9. The Morgan fingerprint density at radius 3 is 2.65 bits per heavy atom. The van der Waals surface area contributed by atoms with Crippen molar-refractivity contribution >= 4 is 38.8 Å². The Bertz CT molecular complexity index is 1400. The molecule has 0 saturated carbocycles. The number of aryl methyl sites for hydroxylation is 1. The summed E-state index contributed by atoms with van der Waals surface area (Å²) in [5.74, 6) is 1.60. The highest BCUT2D eigenvalue weighted by atomic mass is 32.1. The minimum absolute atomic E-state index is 0.642. The predicted molar refractivity (Wildman–Crippen MR) is 128 cm³/mol. The molecule has 31 heavy (non-hydrogen) atoms. The molecule has 0 N–H and O–H groups in total. The number of fused-ring (bicyclic) bond motifs is 1. The summed E-state index contributed by atoms with van der Waals surface area (Å²) >= 11 is 3.30. The number of thiazole rings is 1. The minimum Gasteiger partial charge on any atom is -0.494 e. The third-order valence-corrected chi connectivity index (χ3v) is 6.60. The number of benzene rings is 2. The molecule has 0 aliphatic heterocycles. The van der Waals surface area contributed by atoms with E-state index in [-0.39, 0.29) is 0 Å². The van der Waals surface area contributed by atoms with Crippen molar-refractivity contribution in [1.82, 2.24) is 4.98 Å². The Morgan fingerprint density at radius 1 is 1.03 bits per heavy atom. The SMILES string of the molecule is CCOc1ccc(-c2c/c(=N\c3nc(-c4cccs4)c(C)s3)c3ccccc3o2)cc1. The summed E-state index contributed by atoms with van der Waals surface area (Å²) in [5, 5.41) is 4.62. The van der Waals surface area contributed by atoms with E-state index in [1.54, 1.807) is 22.7 Å². The van der Waals surface area contributed by atoms with Gasteiger partial charge in [0.1, 0.15) is 17.1 Å². The van der Waals surface area contributed by atoms with Gasteiger partial charge in [-0.25, -0.2) is 9.98 Å². The standard InChI is InChI=1S/C25H20N2O2S2/c1-3-28-18-12-10-17(11-13-18)22-15-20(19-7-4-5-8-21(19)29-22)26-25-27-24(16(2)31-25)23-9-6-14-30-23/h4-15H,3H2,1-2H3/b26-20+. The third-order valence-electron chi connectivity index (χ3n) is 4.86. The first-order valence-corrected chi connectivity index (χ1v) is 11.7. The lowest BCUT2D eigenvalue weighted by molar-refractivity contribution is 0.340. The second-order valence-corrected chi connectivity index (χ2v) is 9.07. The summed E-state index contributed by atoms with van der Waals surface area (Å²) in [6, 6.07) is 22.0. The first-order chi connectivity index (χ1) is 15.2. The van der Waals surface area contributed by atoms with Crippen molar-refractivity contribution in [3.05, 3.63) is 82.3 Å². The number of thiophene rings is 1. The van der Waals surface area contributed by atoms with Crippen LogP contribution in [0.5, 0.6) is 5.75 Å². The lowest BCUT2D eigenvalue weighted by Gasteiger charge is -2.06. The Kier molecular flexibility index (Phi) is 5.40. The Balaban J connectivity index is 1.64. The van der Waals surface area contributed by atoms with E-state index in [1.807, 2.05) is 67.6 Å². The molecule has 0 fully saturated rings. The smallest absolute Gasteiger partial charge is 0.210 e. The van der Waals surface area contributed by atoms with Gasteiger partial charge in [0.15, 0.2) is 0 Å². The highest BCUT2D eigenvalue weighted by Crippen LogP contribution is 2.34. The van der Waals surface area contributed by atoms with Gasteiger partial charge in [0, 0.05) is 21.9 Å². The zero-order valence-electron chi connectivity index (χ0n) is 17.2. The lowest BCUT2D eigenvalue weighted by atomic mass is 10.1. The number of rotatable bonds is 5. The van der Waals surface area contributed by atoms with Crippen molar-refractivity contribution in [2.45, 2.75) is 13.8 Å². The van der Waals surface area contributed by atoms with Gasteiger partial charge in [-0.2, -0.15) is 0 Å². The first kappa shape index (κ1) is 19.7.